The number of rotatable bonds is 2. The van der Waals surface area contributed by atoms with Crippen LogP contribution in [0.5, 0.6) is 0 Å². The summed E-state index contributed by atoms with van der Waals surface area (Å²) in [5.74, 6) is 0.513. The van der Waals surface area contributed by atoms with E-state index in [1.165, 1.54) is 5.71 Å². The van der Waals surface area contributed by atoms with Crippen molar-refractivity contribution in [1.29, 1.82) is 0 Å². The molecule has 2 rings (SSSR count). The lowest BCUT2D eigenvalue weighted by atomic mass is 10.0. The Hall–Kier alpha value is -0.570. The van der Waals surface area contributed by atoms with Crippen LogP contribution < -0.4 is 0 Å². The smallest absolute Gasteiger partial charge is 0.161 e. The SMILES string of the molecule is CC(C)C1=NO[C@H]([C@@H]2CO2)C1. The molecule has 0 aromatic heterocycles. The zero-order valence-corrected chi connectivity index (χ0v) is 6.91. The van der Waals surface area contributed by atoms with Crippen molar-refractivity contribution in [3.8, 4) is 0 Å². The Morgan fingerprint density at radius 2 is 2.18 bits per heavy atom. The van der Waals surface area contributed by atoms with E-state index >= 15 is 0 Å². The maximum Gasteiger partial charge on any atom is 0.161 e. The fourth-order valence-electron chi connectivity index (χ4n) is 1.23. The van der Waals surface area contributed by atoms with E-state index in [4.69, 9.17) is 9.57 Å². The molecule has 0 N–H and O–H groups in total. The first-order valence-corrected chi connectivity index (χ1v) is 4.11. The Labute approximate surface area is 66.4 Å². The Kier molecular flexibility index (Phi) is 1.60. The first kappa shape index (κ1) is 7.10. The summed E-state index contributed by atoms with van der Waals surface area (Å²) < 4.78 is 5.12. The molecule has 0 bridgehead atoms. The van der Waals surface area contributed by atoms with Gasteiger partial charge in [-0.25, -0.2) is 0 Å². The summed E-state index contributed by atoms with van der Waals surface area (Å²) in [6.07, 6.45) is 1.50. The van der Waals surface area contributed by atoms with Crippen LogP contribution in [0, 0.1) is 5.92 Å². The monoisotopic (exact) mass is 155 g/mol. The second kappa shape index (κ2) is 2.48. The molecule has 1 fully saturated rings. The number of oxime groups is 1. The van der Waals surface area contributed by atoms with Crippen LogP contribution in [0.2, 0.25) is 0 Å². The maximum atomic E-state index is 5.21. The summed E-state index contributed by atoms with van der Waals surface area (Å²) >= 11 is 0. The molecular weight excluding hydrogens is 142 g/mol. The van der Waals surface area contributed by atoms with Crippen molar-refractivity contribution in [2.75, 3.05) is 6.61 Å². The van der Waals surface area contributed by atoms with Crippen LogP contribution in [0.1, 0.15) is 20.3 Å². The van der Waals surface area contributed by atoms with Crippen LogP contribution in [-0.2, 0) is 9.57 Å². The number of hydrogen-bond acceptors (Lipinski definition) is 3. The highest BCUT2D eigenvalue weighted by molar-refractivity contribution is 5.87. The van der Waals surface area contributed by atoms with Crippen molar-refractivity contribution in [3.05, 3.63) is 0 Å². The van der Waals surface area contributed by atoms with E-state index in [1.807, 2.05) is 0 Å². The van der Waals surface area contributed by atoms with E-state index in [2.05, 4.69) is 19.0 Å². The van der Waals surface area contributed by atoms with Crippen LogP contribution in [0.25, 0.3) is 0 Å². The molecule has 11 heavy (non-hydrogen) atoms. The Balaban J connectivity index is 1.88. The van der Waals surface area contributed by atoms with Gasteiger partial charge in [0, 0.05) is 6.42 Å². The highest BCUT2D eigenvalue weighted by Gasteiger charge is 2.38. The van der Waals surface area contributed by atoms with Gasteiger partial charge < -0.3 is 9.57 Å². The molecule has 0 radical (unpaired) electrons. The zero-order valence-electron chi connectivity index (χ0n) is 6.91. The largest absolute Gasteiger partial charge is 0.389 e. The molecule has 0 spiro atoms. The van der Waals surface area contributed by atoms with Gasteiger partial charge in [0.2, 0.25) is 0 Å². The minimum atomic E-state index is 0.215. The molecule has 0 aromatic rings. The van der Waals surface area contributed by atoms with Gasteiger partial charge >= 0.3 is 0 Å². The first-order chi connectivity index (χ1) is 5.27. The average molecular weight is 155 g/mol. The second-order valence-electron chi connectivity index (χ2n) is 3.46. The third-order valence-electron chi connectivity index (χ3n) is 2.16. The fraction of sp³-hybridized carbons (Fsp3) is 0.875. The number of nitrogens with zero attached hydrogens (tertiary/aromatic N) is 1. The second-order valence-corrected chi connectivity index (χ2v) is 3.46. The lowest BCUT2D eigenvalue weighted by Gasteiger charge is -2.02. The van der Waals surface area contributed by atoms with Crippen molar-refractivity contribution in [1.82, 2.24) is 0 Å². The summed E-state index contributed by atoms with van der Waals surface area (Å²) in [4.78, 5) is 5.21. The number of ether oxygens (including phenoxy) is 1. The summed E-state index contributed by atoms with van der Waals surface area (Å²) in [6, 6.07) is 0. The molecule has 0 unspecified atom stereocenters. The molecule has 2 atom stereocenters. The van der Waals surface area contributed by atoms with Gasteiger partial charge in [0.15, 0.2) is 6.10 Å². The van der Waals surface area contributed by atoms with E-state index in [9.17, 15) is 0 Å². The Bertz CT molecular complexity index is 185. The molecule has 0 aromatic carbocycles. The molecule has 3 nitrogen and oxygen atoms in total. The molecule has 1 saturated heterocycles. The van der Waals surface area contributed by atoms with Gasteiger partial charge in [-0.15, -0.1) is 0 Å². The van der Waals surface area contributed by atoms with E-state index < -0.39 is 0 Å². The first-order valence-electron chi connectivity index (χ1n) is 4.11. The van der Waals surface area contributed by atoms with Crippen molar-refractivity contribution < 1.29 is 9.57 Å². The standard InChI is InChI=1S/C8H13NO2/c1-5(2)6-3-7(11-9-6)8-4-10-8/h5,7-8H,3-4H2,1-2H3/t7-,8-/m0/s1. The third-order valence-corrected chi connectivity index (χ3v) is 2.16. The van der Waals surface area contributed by atoms with Crippen LogP contribution in [0.4, 0.5) is 0 Å². The topological polar surface area (TPSA) is 34.1 Å². The average Bonchev–Trinajstić information content (AvgIpc) is 2.68. The van der Waals surface area contributed by atoms with Gasteiger partial charge in [0.05, 0.1) is 12.3 Å². The predicted molar refractivity (Wildman–Crippen MR) is 41.5 cm³/mol. The molecule has 2 aliphatic heterocycles. The van der Waals surface area contributed by atoms with Crippen LogP contribution in [-0.4, -0.2) is 24.5 Å². The molecular formula is C8H13NO2. The normalized spacial score (nSPS) is 35.4. The summed E-state index contributed by atoms with van der Waals surface area (Å²) in [6.45, 7) is 5.13. The van der Waals surface area contributed by atoms with E-state index in [0.717, 1.165) is 13.0 Å². The molecule has 62 valence electrons. The summed E-state index contributed by atoms with van der Waals surface area (Å²) in [7, 11) is 0. The van der Waals surface area contributed by atoms with Gasteiger partial charge in [-0.3, -0.25) is 0 Å². The predicted octanol–water partition coefficient (Wildman–Crippen LogP) is 1.19. The molecule has 2 heterocycles. The molecule has 3 heteroatoms. The van der Waals surface area contributed by atoms with Crippen molar-refractivity contribution in [2.45, 2.75) is 32.5 Å². The van der Waals surface area contributed by atoms with Gasteiger partial charge in [0.25, 0.3) is 0 Å². The van der Waals surface area contributed by atoms with Crippen LogP contribution >= 0.6 is 0 Å². The van der Waals surface area contributed by atoms with Crippen molar-refractivity contribution in [3.63, 3.8) is 0 Å². The highest BCUT2D eigenvalue weighted by Crippen LogP contribution is 2.26. The third kappa shape index (κ3) is 1.38. The lowest BCUT2D eigenvalue weighted by molar-refractivity contribution is 0.0627. The van der Waals surface area contributed by atoms with Crippen LogP contribution in [0.3, 0.4) is 0 Å². The lowest BCUT2D eigenvalue weighted by Crippen LogP contribution is -2.16. The van der Waals surface area contributed by atoms with Gasteiger partial charge in [-0.2, -0.15) is 0 Å². The number of epoxide rings is 1. The Morgan fingerprint density at radius 1 is 1.45 bits per heavy atom. The summed E-state index contributed by atoms with van der Waals surface area (Å²) in [5.41, 5.74) is 1.17. The van der Waals surface area contributed by atoms with Crippen LogP contribution in [0.15, 0.2) is 5.16 Å². The maximum absolute atomic E-state index is 5.21. The van der Waals surface area contributed by atoms with Gasteiger partial charge in [-0.05, 0) is 5.92 Å². The molecule has 2 aliphatic rings. The molecule has 0 aliphatic carbocycles. The van der Waals surface area contributed by atoms with Crippen molar-refractivity contribution >= 4 is 5.71 Å². The number of hydrogen-bond donors (Lipinski definition) is 0. The van der Waals surface area contributed by atoms with Crippen molar-refractivity contribution in [2.24, 2.45) is 11.1 Å². The zero-order chi connectivity index (χ0) is 7.84. The van der Waals surface area contributed by atoms with E-state index in [0.29, 0.717) is 12.0 Å². The van der Waals surface area contributed by atoms with E-state index in [-0.39, 0.29) is 6.10 Å². The molecule has 0 amide bonds. The van der Waals surface area contributed by atoms with Gasteiger partial charge in [-0.1, -0.05) is 19.0 Å². The quantitative estimate of drug-likeness (QED) is 0.561. The Morgan fingerprint density at radius 3 is 2.64 bits per heavy atom. The highest BCUT2D eigenvalue weighted by atomic mass is 16.7. The minimum Gasteiger partial charge on any atom is -0.389 e. The molecule has 0 saturated carbocycles. The van der Waals surface area contributed by atoms with E-state index in [1.54, 1.807) is 0 Å². The summed E-state index contributed by atoms with van der Waals surface area (Å²) in [5, 5.41) is 4.01. The van der Waals surface area contributed by atoms with Gasteiger partial charge in [0.1, 0.15) is 6.10 Å². The minimum absolute atomic E-state index is 0.215. The fourth-order valence-corrected chi connectivity index (χ4v) is 1.23.